The Bertz CT molecular complexity index is 501. The van der Waals surface area contributed by atoms with Gasteiger partial charge in [0.15, 0.2) is 0 Å². The fourth-order valence-electron chi connectivity index (χ4n) is 1.97. The van der Waals surface area contributed by atoms with Crippen LogP contribution in [0.5, 0.6) is 0 Å². The van der Waals surface area contributed by atoms with Crippen LogP contribution in [0.1, 0.15) is 23.7 Å². The molecule has 20 heavy (non-hydrogen) atoms. The van der Waals surface area contributed by atoms with E-state index < -0.39 is 0 Å². The van der Waals surface area contributed by atoms with Crippen LogP contribution in [0.3, 0.4) is 0 Å². The van der Waals surface area contributed by atoms with Gasteiger partial charge in [-0.1, -0.05) is 65.8 Å². The Balaban J connectivity index is 2.13. The normalized spacial score (nSPS) is 11.8. The van der Waals surface area contributed by atoms with Crippen LogP contribution in [0.4, 0.5) is 0 Å². The van der Waals surface area contributed by atoms with Crippen molar-refractivity contribution in [2.75, 3.05) is 6.61 Å². The predicted molar refractivity (Wildman–Crippen MR) is 78.7 cm³/mol. The fraction of sp³-hybridized carbons (Fsp3) is 0.188. The number of amidine groups is 1. The lowest BCUT2D eigenvalue weighted by molar-refractivity contribution is 0.0853. The van der Waals surface area contributed by atoms with Gasteiger partial charge in [0, 0.05) is 6.42 Å². The molecule has 0 saturated carbocycles. The molecule has 0 unspecified atom stereocenters. The van der Waals surface area contributed by atoms with E-state index >= 15 is 0 Å². The minimum Gasteiger partial charge on any atom is -0.409 e. The smallest absolute Gasteiger partial charge is 0.141 e. The lowest BCUT2D eigenvalue weighted by atomic mass is 10.0. The van der Waals surface area contributed by atoms with Gasteiger partial charge < -0.3 is 15.7 Å². The summed E-state index contributed by atoms with van der Waals surface area (Å²) in [6, 6.07) is 20.0. The standard InChI is InChI=1S/C16H18N2O2/c17-15(18-19)11-12-20-16(13-7-3-1-4-8-13)14-9-5-2-6-10-14/h1-10,16,19H,11-12H2,(H2,17,18). The molecule has 0 fully saturated rings. The molecule has 4 nitrogen and oxygen atoms in total. The minimum atomic E-state index is -0.149. The lowest BCUT2D eigenvalue weighted by Crippen LogP contribution is -2.16. The van der Waals surface area contributed by atoms with Crippen molar-refractivity contribution in [2.45, 2.75) is 12.5 Å². The molecule has 0 atom stereocenters. The Morgan fingerprint density at radius 3 is 1.95 bits per heavy atom. The first-order valence-corrected chi connectivity index (χ1v) is 6.49. The number of nitrogens with two attached hydrogens (primary N) is 1. The number of ether oxygens (including phenoxy) is 1. The summed E-state index contributed by atoms with van der Waals surface area (Å²) in [5, 5.41) is 11.5. The molecule has 0 saturated heterocycles. The topological polar surface area (TPSA) is 67.8 Å². The molecular weight excluding hydrogens is 252 g/mol. The fourth-order valence-corrected chi connectivity index (χ4v) is 1.97. The summed E-state index contributed by atoms with van der Waals surface area (Å²) >= 11 is 0. The predicted octanol–water partition coefficient (Wildman–Crippen LogP) is 2.93. The van der Waals surface area contributed by atoms with Crippen molar-refractivity contribution < 1.29 is 9.94 Å². The molecule has 2 rings (SSSR count). The second-order valence-corrected chi connectivity index (χ2v) is 4.41. The third kappa shape index (κ3) is 3.83. The highest BCUT2D eigenvalue weighted by Crippen LogP contribution is 2.25. The summed E-state index contributed by atoms with van der Waals surface area (Å²) in [5.74, 6) is 0.171. The molecule has 104 valence electrons. The van der Waals surface area contributed by atoms with Crippen LogP contribution < -0.4 is 5.73 Å². The molecular formula is C16H18N2O2. The molecule has 0 radical (unpaired) electrons. The van der Waals surface area contributed by atoms with Crippen LogP contribution >= 0.6 is 0 Å². The Kier molecular flexibility index (Phi) is 5.15. The van der Waals surface area contributed by atoms with Crippen molar-refractivity contribution >= 4 is 5.84 Å². The maximum Gasteiger partial charge on any atom is 0.141 e. The molecule has 0 aliphatic heterocycles. The Morgan fingerprint density at radius 2 is 1.50 bits per heavy atom. The van der Waals surface area contributed by atoms with Crippen LogP contribution in [-0.4, -0.2) is 17.6 Å². The second kappa shape index (κ2) is 7.31. The van der Waals surface area contributed by atoms with E-state index in [1.807, 2.05) is 60.7 Å². The van der Waals surface area contributed by atoms with Crippen LogP contribution in [0, 0.1) is 0 Å². The highest BCUT2D eigenvalue weighted by molar-refractivity contribution is 5.79. The largest absolute Gasteiger partial charge is 0.409 e. The van der Waals surface area contributed by atoms with E-state index in [0.717, 1.165) is 11.1 Å². The van der Waals surface area contributed by atoms with Crippen molar-refractivity contribution in [3.05, 3.63) is 71.8 Å². The SMILES string of the molecule is N/C(CCOC(c1ccccc1)c1ccccc1)=N\O. The molecule has 0 spiro atoms. The molecule has 0 bridgehead atoms. The summed E-state index contributed by atoms with van der Waals surface area (Å²) < 4.78 is 5.91. The first-order chi connectivity index (χ1) is 9.81. The van der Waals surface area contributed by atoms with E-state index in [0.29, 0.717) is 13.0 Å². The quantitative estimate of drug-likeness (QED) is 0.367. The second-order valence-electron chi connectivity index (χ2n) is 4.41. The van der Waals surface area contributed by atoms with Gasteiger partial charge in [0.1, 0.15) is 11.9 Å². The molecule has 0 aliphatic rings. The number of oxime groups is 1. The van der Waals surface area contributed by atoms with E-state index in [1.165, 1.54) is 0 Å². The number of nitrogens with zero attached hydrogens (tertiary/aromatic N) is 1. The summed E-state index contributed by atoms with van der Waals surface area (Å²) in [7, 11) is 0. The highest BCUT2D eigenvalue weighted by atomic mass is 16.5. The van der Waals surface area contributed by atoms with Crippen molar-refractivity contribution in [3.63, 3.8) is 0 Å². The Hall–Kier alpha value is -2.33. The van der Waals surface area contributed by atoms with Gasteiger partial charge >= 0.3 is 0 Å². The molecule has 0 heterocycles. The summed E-state index contributed by atoms with van der Waals surface area (Å²) in [6.07, 6.45) is 0.246. The first-order valence-electron chi connectivity index (χ1n) is 6.49. The third-order valence-corrected chi connectivity index (χ3v) is 2.98. The number of hydrogen-bond donors (Lipinski definition) is 2. The molecule has 2 aromatic carbocycles. The minimum absolute atomic E-state index is 0.149. The van der Waals surface area contributed by atoms with E-state index in [-0.39, 0.29) is 11.9 Å². The first kappa shape index (κ1) is 14.1. The molecule has 2 aromatic rings. The van der Waals surface area contributed by atoms with Crippen LogP contribution in [-0.2, 0) is 4.74 Å². The van der Waals surface area contributed by atoms with E-state index in [9.17, 15) is 0 Å². The maximum absolute atomic E-state index is 8.54. The maximum atomic E-state index is 8.54. The Labute approximate surface area is 118 Å². The molecule has 3 N–H and O–H groups in total. The Morgan fingerprint density at radius 1 is 1.00 bits per heavy atom. The average molecular weight is 270 g/mol. The van der Waals surface area contributed by atoms with Crippen molar-refractivity contribution in [1.82, 2.24) is 0 Å². The van der Waals surface area contributed by atoms with Crippen molar-refractivity contribution in [3.8, 4) is 0 Å². The van der Waals surface area contributed by atoms with Crippen LogP contribution in [0.2, 0.25) is 0 Å². The summed E-state index contributed by atoms with van der Waals surface area (Å²) in [6.45, 7) is 0.393. The van der Waals surface area contributed by atoms with Crippen LogP contribution in [0.25, 0.3) is 0 Å². The highest BCUT2D eigenvalue weighted by Gasteiger charge is 2.14. The zero-order valence-electron chi connectivity index (χ0n) is 11.1. The zero-order chi connectivity index (χ0) is 14.2. The van der Waals surface area contributed by atoms with E-state index in [2.05, 4.69) is 5.16 Å². The van der Waals surface area contributed by atoms with Gasteiger partial charge in [0.25, 0.3) is 0 Å². The van der Waals surface area contributed by atoms with Gasteiger partial charge in [-0.05, 0) is 11.1 Å². The summed E-state index contributed by atoms with van der Waals surface area (Å²) in [4.78, 5) is 0. The zero-order valence-corrected chi connectivity index (χ0v) is 11.1. The van der Waals surface area contributed by atoms with Gasteiger partial charge in [-0.2, -0.15) is 0 Å². The van der Waals surface area contributed by atoms with Crippen molar-refractivity contribution in [2.24, 2.45) is 10.9 Å². The molecule has 4 heteroatoms. The molecule has 0 aliphatic carbocycles. The van der Waals surface area contributed by atoms with Gasteiger partial charge in [-0.25, -0.2) is 0 Å². The van der Waals surface area contributed by atoms with Gasteiger partial charge in [0.05, 0.1) is 6.61 Å². The van der Waals surface area contributed by atoms with Crippen LogP contribution in [0.15, 0.2) is 65.8 Å². The van der Waals surface area contributed by atoms with Gasteiger partial charge in [-0.15, -0.1) is 0 Å². The van der Waals surface area contributed by atoms with Gasteiger partial charge in [-0.3, -0.25) is 0 Å². The van der Waals surface area contributed by atoms with Crippen molar-refractivity contribution in [1.29, 1.82) is 0 Å². The lowest BCUT2D eigenvalue weighted by Gasteiger charge is -2.18. The van der Waals surface area contributed by atoms with Gasteiger partial charge in [0.2, 0.25) is 0 Å². The number of benzene rings is 2. The van der Waals surface area contributed by atoms with E-state index in [1.54, 1.807) is 0 Å². The van der Waals surface area contributed by atoms with E-state index in [4.69, 9.17) is 15.7 Å². The monoisotopic (exact) mass is 270 g/mol. The average Bonchev–Trinajstić information content (AvgIpc) is 2.53. The third-order valence-electron chi connectivity index (χ3n) is 2.98. The molecule has 0 aromatic heterocycles. The number of rotatable bonds is 6. The number of hydrogen-bond acceptors (Lipinski definition) is 3. The summed E-state index contributed by atoms with van der Waals surface area (Å²) in [5.41, 5.74) is 7.62. The molecule has 0 amide bonds.